The molecule has 2 aromatic rings. The first-order chi connectivity index (χ1) is 8.18. The van der Waals surface area contributed by atoms with Crippen molar-refractivity contribution in [2.45, 2.75) is 12.3 Å². The summed E-state index contributed by atoms with van der Waals surface area (Å²) in [4.78, 5) is 12.3. The third kappa shape index (κ3) is 2.93. The van der Waals surface area contributed by atoms with Crippen LogP contribution in [0.25, 0.3) is 0 Å². The standard InChI is InChI=1S/C13H10ClFOS/c14-13(16)10(12-6-3-7-17-12)8-9-4-1-2-5-11(9)15/h1-7,10H,8H2. The van der Waals surface area contributed by atoms with E-state index in [1.165, 1.54) is 17.4 Å². The third-order valence-electron chi connectivity index (χ3n) is 2.54. The molecule has 0 bridgehead atoms. The second kappa shape index (κ2) is 5.43. The predicted octanol–water partition coefficient (Wildman–Crippen LogP) is 3.98. The average molecular weight is 269 g/mol. The van der Waals surface area contributed by atoms with Gasteiger partial charge in [0.1, 0.15) is 5.82 Å². The van der Waals surface area contributed by atoms with Gasteiger partial charge in [0.25, 0.3) is 0 Å². The Kier molecular flexibility index (Phi) is 3.92. The molecule has 0 aliphatic heterocycles. The summed E-state index contributed by atoms with van der Waals surface area (Å²) in [5.41, 5.74) is 0.514. The Morgan fingerprint density at radius 2 is 2.06 bits per heavy atom. The van der Waals surface area contributed by atoms with Crippen LogP contribution in [0.3, 0.4) is 0 Å². The van der Waals surface area contributed by atoms with Gasteiger partial charge in [0.05, 0.1) is 5.92 Å². The van der Waals surface area contributed by atoms with Gasteiger partial charge in [-0.1, -0.05) is 24.3 Å². The molecule has 88 valence electrons. The Labute approximate surface area is 108 Å². The summed E-state index contributed by atoms with van der Waals surface area (Å²) in [5, 5.41) is 1.43. The summed E-state index contributed by atoms with van der Waals surface area (Å²) >= 11 is 7.04. The molecular formula is C13H10ClFOS. The number of carbonyl (C=O) groups excluding carboxylic acids is 1. The summed E-state index contributed by atoms with van der Waals surface area (Å²) in [6.45, 7) is 0. The molecule has 0 amide bonds. The fourth-order valence-corrected chi connectivity index (χ4v) is 2.75. The van der Waals surface area contributed by atoms with Crippen LogP contribution in [0.2, 0.25) is 0 Å². The van der Waals surface area contributed by atoms with Crippen LogP contribution in [0.4, 0.5) is 4.39 Å². The van der Waals surface area contributed by atoms with Crippen LogP contribution in [-0.4, -0.2) is 5.24 Å². The van der Waals surface area contributed by atoms with Crippen LogP contribution in [-0.2, 0) is 11.2 Å². The van der Waals surface area contributed by atoms with E-state index in [1.54, 1.807) is 18.2 Å². The number of hydrogen-bond acceptors (Lipinski definition) is 2. The molecule has 1 aromatic carbocycles. The Morgan fingerprint density at radius 3 is 2.65 bits per heavy atom. The van der Waals surface area contributed by atoms with Crippen molar-refractivity contribution >= 4 is 28.2 Å². The van der Waals surface area contributed by atoms with E-state index in [0.29, 0.717) is 12.0 Å². The Morgan fingerprint density at radius 1 is 1.29 bits per heavy atom. The molecule has 0 radical (unpaired) electrons. The minimum atomic E-state index is -0.464. The molecule has 0 aliphatic carbocycles. The summed E-state index contributed by atoms with van der Waals surface area (Å²) in [6, 6.07) is 10.1. The van der Waals surface area contributed by atoms with Gasteiger partial charge in [0.15, 0.2) is 0 Å². The molecule has 0 saturated heterocycles. The first-order valence-electron chi connectivity index (χ1n) is 5.14. The van der Waals surface area contributed by atoms with Crippen LogP contribution >= 0.6 is 22.9 Å². The van der Waals surface area contributed by atoms with Crippen molar-refractivity contribution in [3.8, 4) is 0 Å². The molecule has 0 fully saturated rings. The quantitative estimate of drug-likeness (QED) is 0.767. The van der Waals surface area contributed by atoms with Crippen molar-refractivity contribution in [1.29, 1.82) is 0 Å². The smallest absolute Gasteiger partial charge is 0.230 e. The molecular weight excluding hydrogens is 259 g/mol. The monoisotopic (exact) mass is 268 g/mol. The summed E-state index contributed by atoms with van der Waals surface area (Å²) in [6.07, 6.45) is 0.301. The zero-order chi connectivity index (χ0) is 12.3. The zero-order valence-corrected chi connectivity index (χ0v) is 10.5. The molecule has 0 saturated carbocycles. The zero-order valence-electron chi connectivity index (χ0n) is 8.90. The molecule has 0 N–H and O–H groups in total. The highest BCUT2D eigenvalue weighted by molar-refractivity contribution is 7.10. The lowest BCUT2D eigenvalue weighted by Crippen LogP contribution is -2.09. The van der Waals surface area contributed by atoms with E-state index in [9.17, 15) is 9.18 Å². The van der Waals surface area contributed by atoms with Gasteiger partial charge >= 0.3 is 0 Å². The predicted molar refractivity (Wildman–Crippen MR) is 68.0 cm³/mol. The molecule has 1 unspecified atom stereocenters. The topological polar surface area (TPSA) is 17.1 Å². The lowest BCUT2D eigenvalue weighted by atomic mass is 9.98. The Bertz CT molecular complexity index is 510. The lowest BCUT2D eigenvalue weighted by Gasteiger charge is -2.11. The van der Waals surface area contributed by atoms with Gasteiger partial charge in [-0.25, -0.2) is 4.39 Å². The Hall–Kier alpha value is -1.19. The normalized spacial score (nSPS) is 12.4. The highest BCUT2D eigenvalue weighted by Crippen LogP contribution is 2.28. The number of rotatable bonds is 4. The fourth-order valence-electron chi connectivity index (χ4n) is 1.67. The van der Waals surface area contributed by atoms with Gasteiger partial charge in [-0.15, -0.1) is 11.3 Å². The van der Waals surface area contributed by atoms with E-state index >= 15 is 0 Å². The summed E-state index contributed by atoms with van der Waals surface area (Å²) in [7, 11) is 0. The highest BCUT2D eigenvalue weighted by Gasteiger charge is 2.21. The van der Waals surface area contributed by atoms with Crippen molar-refractivity contribution in [2.75, 3.05) is 0 Å². The van der Waals surface area contributed by atoms with Crippen LogP contribution in [0.1, 0.15) is 16.4 Å². The number of benzene rings is 1. The van der Waals surface area contributed by atoms with Crippen LogP contribution in [0, 0.1) is 5.82 Å². The molecule has 1 atom stereocenters. The maximum absolute atomic E-state index is 13.5. The molecule has 0 aliphatic rings. The van der Waals surface area contributed by atoms with Crippen LogP contribution in [0.15, 0.2) is 41.8 Å². The average Bonchev–Trinajstić information content (AvgIpc) is 2.81. The minimum Gasteiger partial charge on any atom is -0.281 e. The third-order valence-corrected chi connectivity index (χ3v) is 3.79. The fraction of sp³-hybridized carbons (Fsp3) is 0.154. The van der Waals surface area contributed by atoms with Crippen molar-refractivity contribution in [3.05, 3.63) is 58.0 Å². The molecule has 1 heterocycles. The second-order valence-corrected chi connectivity index (χ2v) is 5.02. The molecule has 2 rings (SSSR count). The maximum atomic E-state index is 13.5. The van der Waals surface area contributed by atoms with Crippen molar-refractivity contribution < 1.29 is 9.18 Å². The van der Waals surface area contributed by atoms with Crippen molar-refractivity contribution in [3.63, 3.8) is 0 Å². The summed E-state index contributed by atoms with van der Waals surface area (Å²) < 4.78 is 13.5. The number of halogens is 2. The second-order valence-electron chi connectivity index (χ2n) is 3.67. The maximum Gasteiger partial charge on any atom is 0.230 e. The van der Waals surface area contributed by atoms with Crippen LogP contribution in [0.5, 0.6) is 0 Å². The minimum absolute atomic E-state index is 0.299. The SMILES string of the molecule is O=C(Cl)C(Cc1ccccc1F)c1cccs1. The first kappa shape index (κ1) is 12.3. The number of carbonyl (C=O) groups is 1. The number of thiophene rings is 1. The molecule has 1 aromatic heterocycles. The van der Waals surface area contributed by atoms with Gasteiger partial charge in [-0.2, -0.15) is 0 Å². The van der Waals surface area contributed by atoms with Gasteiger partial charge in [-0.3, -0.25) is 4.79 Å². The van der Waals surface area contributed by atoms with Crippen LogP contribution < -0.4 is 0 Å². The van der Waals surface area contributed by atoms with Crippen molar-refractivity contribution in [2.24, 2.45) is 0 Å². The van der Waals surface area contributed by atoms with Gasteiger partial charge in [0.2, 0.25) is 5.24 Å². The van der Waals surface area contributed by atoms with E-state index in [4.69, 9.17) is 11.6 Å². The largest absolute Gasteiger partial charge is 0.281 e. The van der Waals surface area contributed by atoms with E-state index in [2.05, 4.69) is 0 Å². The highest BCUT2D eigenvalue weighted by atomic mass is 35.5. The summed E-state index contributed by atoms with van der Waals surface area (Å²) in [5.74, 6) is -0.763. The van der Waals surface area contributed by atoms with E-state index in [-0.39, 0.29) is 5.82 Å². The molecule has 17 heavy (non-hydrogen) atoms. The van der Waals surface area contributed by atoms with E-state index in [1.807, 2.05) is 17.5 Å². The molecule has 0 spiro atoms. The van der Waals surface area contributed by atoms with Gasteiger partial charge in [0, 0.05) is 4.88 Å². The van der Waals surface area contributed by atoms with Gasteiger partial charge < -0.3 is 0 Å². The van der Waals surface area contributed by atoms with Gasteiger partial charge in [-0.05, 0) is 41.1 Å². The van der Waals surface area contributed by atoms with E-state index in [0.717, 1.165) is 4.88 Å². The Balaban J connectivity index is 2.26. The molecule has 1 nitrogen and oxygen atoms in total. The van der Waals surface area contributed by atoms with E-state index < -0.39 is 11.2 Å². The molecule has 4 heteroatoms. The van der Waals surface area contributed by atoms with Crippen molar-refractivity contribution in [1.82, 2.24) is 0 Å². The lowest BCUT2D eigenvalue weighted by molar-refractivity contribution is -0.112. The number of hydrogen-bond donors (Lipinski definition) is 0. The first-order valence-corrected chi connectivity index (χ1v) is 6.40.